The summed E-state index contributed by atoms with van der Waals surface area (Å²) in [6.45, 7) is 1.48. The van der Waals surface area contributed by atoms with E-state index in [9.17, 15) is 8.42 Å². The second kappa shape index (κ2) is 5.26. The first-order valence-corrected chi connectivity index (χ1v) is 7.40. The molecule has 1 aromatic rings. The van der Waals surface area contributed by atoms with E-state index in [0.29, 0.717) is 25.4 Å². The lowest BCUT2D eigenvalue weighted by atomic mass is 10.2. The molecule has 0 radical (unpaired) electrons. The predicted octanol–water partition coefficient (Wildman–Crippen LogP) is 0.938. The molecule has 0 atom stereocenters. The summed E-state index contributed by atoms with van der Waals surface area (Å²) in [6.07, 6.45) is 1.83. The Bertz CT molecular complexity index is 522. The predicted molar refractivity (Wildman–Crippen MR) is 68.9 cm³/mol. The quantitative estimate of drug-likeness (QED) is 0.883. The molecule has 5 nitrogen and oxygen atoms in total. The van der Waals surface area contributed by atoms with Crippen molar-refractivity contribution in [2.45, 2.75) is 24.3 Å². The fraction of sp³-hybridized carbons (Fsp3) is 0.500. The third-order valence-electron chi connectivity index (χ3n) is 3.15. The van der Waals surface area contributed by atoms with Crippen molar-refractivity contribution in [2.24, 2.45) is 5.73 Å². The molecule has 1 aliphatic rings. The normalized spacial score (nSPS) is 17.0. The summed E-state index contributed by atoms with van der Waals surface area (Å²) in [7, 11) is -1.99. The molecule has 1 aliphatic heterocycles. The number of hydrogen-bond acceptors (Lipinski definition) is 4. The topological polar surface area (TPSA) is 72.6 Å². The van der Waals surface area contributed by atoms with Gasteiger partial charge in [-0.25, -0.2) is 8.42 Å². The zero-order valence-electron chi connectivity index (χ0n) is 10.4. The Morgan fingerprint density at radius 1 is 1.33 bits per heavy atom. The lowest BCUT2D eigenvalue weighted by molar-refractivity contribution is 0.398. The Kier molecular flexibility index (Phi) is 3.89. The van der Waals surface area contributed by atoms with Gasteiger partial charge in [0.15, 0.2) is 0 Å². The van der Waals surface area contributed by atoms with Crippen LogP contribution in [0.15, 0.2) is 23.1 Å². The number of nitrogens with zero attached hydrogens (tertiary/aromatic N) is 1. The van der Waals surface area contributed by atoms with Crippen LogP contribution in [0.25, 0.3) is 0 Å². The zero-order chi connectivity index (χ0) is 13.2. The molecule has 2 rings (SSSR count). The minimum atomic E-state index is -3.46. The Morgan fingerprint density at radius 2 is 2.00 bits per heavy atom. The van der Waals surface area contributed by atoms with Gasteiger partial charge in [0.2, 0.25) is 10.0 Å². The molecular weight excluding hydrogens is 252 g/mol. The van der Waals surface area contributed by atoms with Gasteiger partial charge in [-0.15, -0.1) is 0 Å². The summed E-state index contributed by atoms with van der Waals surface area (Å²) in [4.78, 5) is 0.217. The summed E-state index contributed by atoms with van der Waals surface area (Å²) in [6, 6.07) is 5.04. The van der Waals surface area contributed by atoms with Crippen LogP contribution >= 0.6 is 0 Å². The van der Waals surface area contributed by atoms with Crippen LogP contribution in [0.3, 0.4) is 0 Å². The van der Waals surface area contributed by atoms with Crippen LogP contribution < -0.4 is 10.5 Å². The SMILES string of the molecule is COc1ccc(CN)cc1S(=O)(=O)N1CCCC1. The highest BCUT2D eigenvalue weighted by Crippen LogP contribution is 2.29. The Morgan fingerprint density at radius 3 is 2.56 bits per heavy atom. The number of benzene rings is 1. The van der Waals surface area contributed by atoms with Crippen LogP contribution in [-0.2, 0) is 16.6 Å². The molecule has 1 saturated heterocycles. The smallest absolute Gasteiger partial charge is 0.246 e. The standard InChI is InChI=1S/C12H18N2O3S/c1-17-11-5-4-10(9-13)8-12(11)18(15,16)14-6-2-3-7-14/h4-5,8H,2-3,6-7,9,13H2,1H3. The van der Waals surface area contributed by atoms with Gasteiger partial charge in [-0.05, 0) is 30.5 Å². The second-order valence-corrected chi connectivity index (χ2v) is 6.21. The van der Waals surface area contributed by atoms with Crippen LogP contribution in [0.4, 0.5) is 0 Å². The number of methoxy groups -OCH3 is 1. The minimum absolute atomic E-state index is 0.217. The van der Waals surface area contributed by atoms with Crippen molar-refractivity contribution >= 4 is 10.0 Å². The Hall–Kier alpha value is -1.11. The van der Waals surface area contributed by atoms with Gasteiger partial charge in [0.05, 0.1) is 7.11 Å². The van der Waals surface area contributed by atoms with Crippen LogP contribution in [-0.4, -0.2) is 32.9 Å². The molecule has 100 valence electrons. The van der Waals surface area contributed by atoms with E-state index < -0.39 is 10.0 Å². The van der Waals surface area contributed by atoms with Crippen LogP contribution in [0.1, 0.15) is 18.4 Å². The van der Waals surface area contributed by atoms with Gasteiger partial charge in [0, 0.05) is 19.6 Å². The van der Waals surface area contributed by atoms with E-state index >= 15 is 0 Å². The first-order valence-electron chi connectivity index (χ1n) is 5.96. The van der Waals surface area contributed by atoms with Gasteiger partial charge in [0.1, 0.15) is 10.6 Å². The van der Waals surface area contributed by atoms with Crippen molar-refractivity contribution in [1.82, 2.24) is 4.31 Å². The molecule has 2 N–H and O–H groups in total. The highest BCUT2D eigenvalue weighted by Gasteiger charge is 2.29. The van der Waals surface area contributed by atoms with Gasteiger partial charge < -0.3 is 10.5 Å². The molecule has 0 amide bonds. The third kappa shape index (κ3) is 2.36. The van der Waals surface area contributed by atoms with Gasteiger partial charge in [-0.1, -0.05) is 6.07 Å². The van der Waals surface area contributed by atoms with Crippen molar-refractivity contribution in [3.8, 4) is 5.75 Å². The van der Waals surface area contributed by atoms with Crippen molar-refractivity contribution < 1.29 is 13.2 Å². The molecule has 1 fully saturated rings. The van der Waals surface area contributed by atoms with Crippen molar-refractivity contribution in [2.75, 3.05) is 20.2 Å². The van der Waals surface area contributed by atoms with Crippen LogP contribution in [0.2, 0.25) is 0 Å². The number of rotatable bonds is 4. The Labute approximate surface area is 108 Å². The maximum absolute atomic E-state index is 12.5. The molecule has 0 bridgehead atoms. The number of nitrogens with two attached hydrogens (primary N) is 1. The summed E-state index contributed by atoms with van der Waals surface area (Å²) >= 11 is 0. The molecule has 0 unspecified atom stereocenters. The fourth-order valence-electron chi connectivity index (χ4n) is 2.12. The zero-order valence-corrected chi connectivity index (χ0v) is 11.2. The maximum Gasteiger partial charge on any atom is 0.246 e. The molecule has 6 heteroatoms. The second-order valence-electron chi connectivity index (χ2n) is 4.30. The molecule has 18 heavy (non-hydrogen) atoms. The van der Waals surface area contributed by atoms with Gasteiger partial charge in [0.25, 0.3) is 0 Å². The largest absolute Gasteiger partial charge is 0.495 e. The monoisotopic (exact) mass is 270 g/mol. The van der Waals surface area contributed by atoms with Gasteiger partial charge in [-0.2, -0.15) is 4.31 Å². The minimum Gasteiger partial charge on any atom is -0.495 e. The molecular formula is C12H18N2O3S. The number of hydrogen-bond donors (Lipinski definition) is 1. The molecule has 1 aromatic carbocycles. The Balaban J connectivity index is 2.47. The van der Waals surface area contributed by atoms with E-state index in [1.165, 1.54) is 11.4 Å². The van der Waals surface area contributed by atoms with Gasteiger partial charge in [-0.3, -0.25) is 0 Å². The number of ether oxygens (including phenoxy) is 1. The summed E-state index contributed by atoms with van der Waals surface area (Å²) < 4.78 is 31.6. The van der Waals surface area contributed by atoms with Gasteiger partial charge >= 0.3 is 0 Å². The lowest BCUT2D eigenvalue weighted by Gasteiger charge is -2.18. The summed E-state index contributed by atoms with van der Waals surface area (Å²) in [5.74, 6) is 0.374. The molecule has 0 spiro atoms. The lowest BCUT2D eigenvalue weighted by Crippen LogP contribution is -2.28. The highest BCUT2D eigenvalue weighted by atomic mass is 32.2. The van der Waals surface area contributed by atoms with E-state index in [0.717, 1.165) is 18.4 Å². The highest BCUT2D eigenvalue weighted by molar-refractivity contribution is 7.89. The van der Waals surface area contributed by atoms with Crippen molar-refractivity contribution in [3.05, 3.63) is 23.8 Å². The van der Waals surface area contributed by atoms with E-state index in [1.807, 2.05) is 0 Å². The summed E-state index contributed by atoms with van der Waals surface area (Å²) in [5, 5.41) is 0. The number of sulfonamides is 1. The van der Waals surface area contributed by atoms with E-state index in [2.05, 4.69) is 0 Å². The first-order chi connectivity index (χ1) is 8.59. The maximum atomic E-state index is 12.5. The molecule has 0 saturated carbocycles. The fourth-order valence-corrected chi connectivity index (χ4v) is 3.84. The third-order valence-corrected chi connectivity index (χ3v) is 5.07. The van der Waals surface area contributed by atoms with Crippen LogP contribution in [0, 0.1) is 0 Å². The summed E-state index contributed by atoms with van der Waals surface area (Å²) in [5.41, 5.74) is 6.34. The molecule has 0 aliphatic carbocycles. The van der Waals surface area contributed by atoms with E-state index in [4.69, 9.17) is 10.5 Å². The van der Waals surface area contributed by atoms with E-state index in [-0.39, 0.29) is 4.90 Å². The molecule has 0 aromatic heterocycles. The average molecular weight is 270 g/mol. The average Bonchev–Trinajstić information content (AvgIpc) is 2.92. The van der Waals surface area contributed by atoms with E-state index in [1.54, 1.807) is 18.2 Å². The molecule has 1 heterocycles. The van der Waals surface area contributed by atoms with Crippen molar-refractivity contribution in [1.29, 1.82) is 0 Å². The van der Waals surface area contributed by atoms with Crippen LogP contribution in [0.5, 0.6) is 5.75 Å². The van der Waals surface area contributed by atoms with Crippen molar-refractivity contribution in [3.63, 3.8) is 0 Å². The first kappa shape index (κ1) is 13.3.